The van der Waals surface area contributed by atoms with Gasteiger partial charge in [0.2, 0.25) is 0 Å². The Hall–Kier alpha value is -2.81. The third-order valence-electron chi connectivity index (χ3n) is 4.83. The van der Waals surface area contributed by atoms with Crippen LogP contribution in [-0.4, -0.2) is 15.0 Å². The number of benzene rings is 2. The van der Waals surface area contributed by atoms with E-state index in [2.05, 4.69) is 69.1 Å². The van der Waals surface area contributed by atoms with Crippen LogP contribution in [0.5, 0.6) is 0 Å². The van der Waals surface area contributed by atoms with E-state index in [0.717, 1.165) is 51.2 Å². The molecule has 0 saturated carbocycles. The smallest absolute Gasteiger partial charge is 0.129 e. The van der Waals surface area contributed by atoms with Gasteiger partial charge in [0.25, 0.3) is 0 Å². The molecule has 4 rings (SSSR count). The summed E-state index contributed by atoms with van der Waals surface area (Å²) in [4.78, 5) is 14.5. The molecule has 0 fully saturated rings. The lowest BCUT2D eigenvalue weighted by Gasteiger charge is -2.13. The molecule has 4 aromatic rings. The minimum Gasteiger partial charge on any atom is -0.258 e. The Morgan fingerprint density at radius 3 is 2.23 bits per heavy atom. The van der Waals surface area contributed by atoms with Gasteiger partial charge in [0.15, 0.2) is 0 Å². The van der Waals surface area contributed by atoms with Crippen molar-refractivity contribution < 1.29 is 0 Å². The summed E-state index contributed by atoms with van der Waals surface area (Å²) in [5, 5.41) is 3.42. The molecule has 0 spiro atoms. The standard InChI is InChI=1S/C23H23N3/c1-6-20-25-22(18-10-13(2)9-14(3)11-18)19-8-7-17-12-15(4)24-16(5)21(17)23(19)26-20/h7-12H,6H2,1-5H3. The SMILES string of the molecule is CCc1nc(-c2cc(C)cc(C)c2)c2ccc3cc(C)nc(C)c3c2n1. The molecule has 0 radical (unpaired) electrons. The summed E-state index contributed by atoms with van der Waals surface area (Å²) in [6.07, 6.45) is 0.808. The Morgan fingerprint density at radius 1 is 0.808 bits per heavy atom. The van der Waals surface area contributed by atoms with Crippen LogP contribution in [0, 0.1) is 27.7 Å². The topological polar surface area (TPSA) is 38.7 Å². The fourth-order valence-electron chi connectivity index (χ4n) is 3.83. The van der Waals surface area contributed by atoms with Gasteiger partial charge in [-0.05, 0) is 57.3 Å². The van der Waals surface area contributed by atoms with Crippen LogP contribution in [0.4, 0.5) is 0 Å². The van der Waals surface area contributed by atoms with Gasteiger partial charge >= 0.3 is 0 Å². The molecule has 0 aliphatic heterocycles. The monoisotopic (exact) mass is 341 g/mol. The number of rotatable bonds is 2. The van der Waals surface area contributed by atoms with E-state index < -0.39 is 0 Å². The van der Waals surface area contributed by atoms with Gasteiger partial charge in [0.05, 0.1) is 11.2 Å². The second kappa shape index (κ2) is 6.17. The highest BCUT2D eigenvalue weighted by molar-refractivity contribution is 6.10. The maximum Gasteiger partial charge on any atom is 0.129 e. The molecule has 3 heteroatoms. The molecule has 2 heterocycles. The predicted octanol–water partition coefficient (Wildman–Crippen LogP) is 5.64. The molecule has 3 nitrogen and oxygen atoms in total. The van der Waals surface area contributed by atoms with Gasteiger partial charge in [-0.3, -0.25) is 4.98 Å². The van der Waals surface area contributed by atoms with E-state index in [0.29, 0.717) is 0 Å². The summed E-state index contributed by atoms with van der Waals surface area (Å²) < 4.78 is 0. The number of aryl methyl sites for hydroxylation is 5. The highest BCUT2D eigenvalue weighted by Gasteiger charge is 2.14. The molecular weight excluding hydrogens is 318 g/mol. The summed E-state index contributed by atoms with van der Waals surface area (Å²) >= 11 is 0. The van der Waals surface area contributed by atoms with E-state index in [9.17, 15) is 0 Å². The number of fused-ring (bicyclic) bond motifs is 3. The number of nitrogens with zero attached hydrogens (tertiary/aromatic N) is 3. The Labute approximate surface area is 154 Å². The third kappa shape index (κ3) is 2.74. The summed E-state index contributed by atoms with van der Waals surface area (Å²) in [5.74, 6) is 0.874. The van der Waals surface area contributed by atoms with Crippen molar-refractivity contribution in [2.24, 2.45) is 0 Å². The molecule has 0 N–H and O–H groups in total. The normalized spacial score (nSPS) is 11.4. The molecule has 2 aromatic heterocycles. The Kier molecular flexibility index (Phi) is 3.95. The van der Waals surface area contributed by atoms with Gasteiger partial charge < -0.3 is 0 Å². The Balaban J connectivity index is 2.15. The molecule has 0 bridgehead atoms. The van der Waals surface area contributed by atoms with Crippen molar-refractivity contribution in [2.45, 2.75) is 41.0 Å². The van der Waals surface area contributed by atoms with Crippen LogP contribution in [0.1, 0.15) is 35.3 Å². The lowest BCUT2D eigenvalue weighted by molar-refractivity contribution is 0.965. The maximum absolute atomic E-state index is 4.89. The lowest BCUT2D eigenvalue weighted by atomic mass is 9.98. The van der Waals surface area contributed by atoms with Crippen LogP contribution in [0.25, 0.3) is 32.9 Å². The van der Waals surface area contributed by atoms with E-state index in [1.807, 2.05) is 6.92 Å². The molecule has 0 unspecified atom stereocenters. The average molecular weight is 341 g/mol. The summed E-state index contributed by atoms with van der Waals surface area (Å²) in [6, 6.07) is 13.1. The van der Waals surface area contributed by atoms with Gasteiger partial charge in [-0.2, -0.15) is 0 Å². The Bertz CT molecular complexity index is 1140. The van der Waals surface area contributed by atoms with E-state index >= 15 is 0 Å². The second-order valence-electron chi connectivity index (χ2n) is 7.13. The second-order valence-corrected chi connectivity index (χ2v) is 7.13. The number of pyridine rings is 1. The van der Waals surface area contributed by atoms with E-state index in [1.165, 1.54) is 16.5 Å². The molecule has 0 saturated heterocycles. The number of aromatic nitrogens is 3. The summed E-state index contributed by atoms with van der Waals surface area (Å²) in [7, 11) is 0. The molecule has 130 valence electrons. The van der Waals surface area contributed by atoms with E-state index in [-0.39, 0.29) is 0 Å². The highest BCUT2D eigenvalue weighted by Crippen LogP contribution is 2.33. The van der Waals surface area contributed by atoms with Crippen LogP contribution in [-0.2, 0) is 6.42 Å². The van der Waals surface area contributed by atoms with Gasteiger partial charge in [0.1, 0.15) is 5.82 Å². The first-order valence-electron chi connectivity index (χ1n) is 9.12. The minimum absolute atomic E-state index is 0.808. The lowest BCUT2D eigenvalue weighted by Crippen LogP contribution is -2.00. The quantitative estimate of drug-likeness (QED) is 0.443. The molecule has 26 heavy (non-hydrogen) atoms. The Morgan fingerprint density at radius 2 is 1.54 bits per heavy atom. The largest absolute Gasteiger partial charge is 0.258 e. The first kappa shape index (κ1) is 16.6. The van der Waals surface area contributed by atoms with Crippen molar-refractivity contribution in [3.05, 3.63) is 64.7 Å². The predicted molar refractivity (Wildman–Crippen MR) is 109 cm³/mol. The average Bonchev–Trinajstić information content (AvgIpc) is 2.58. The molecule has 0 amide bonds. The molecule has 0 atom stereocenters. The fourth-order valence-corrected chi connectivity index (χ4v) is 3.83. The first-order chi connectivity index (χ1) is 12.5. The molecule has 0 aliphatic rings. The fraction of sp³-hybridized carbons (Fsp3) is 0.261. The van der Waals surface area contributed by atoms with Crippen molar-refractivity contribution in [1.29, 1.82) is 0 Å². The molecule has 0 aliphatic carbocycles. The summed E-state index contributed by atoms with van der Waals surface area (Å²) in [5.41, 5.74) is 7.74. The maximum atomic E-state index is 4.89. The van der Waals surface area contributed by atoms with Crippen LogP contribution < -0.4 is 0 Å². The molecule has 2 aromatic carbocycles. The van der Waals surface area contributed by atoms with Gasteiger partial charge in [0, 0.05) is 34.1 Å². The molecular formula is C23H23N3. The van der Waals surface area contributed by atoms with Crippen LogP contribution in [0.3, 0.4) is 0 Å². The number of hydrogen-bond donors (Lipinski definition) is 0. The van der Waals surface area contributed by atoms with Crippen LogP contribution >= 0.6 is 0 Å². The zero-order valence-electron chi connectivity index (χ0n) is 16.0. The zero-order valence-corrected chi connectivity index (χ0v) is 16.0. The van der Waals surface area contributed by atoms with Gasteiger partial charge in [-0.15, -0.1) is 0 Å². The minimum atomic E-state index is 0.808. The zero-order chi connectivity index (χ0) is 18.4. The highest BCUT2D eigenvalue weighted by atomic mass is 14.9. The van der Waals surface area contributed by atoms with Crippen molar-refractivity contribution >= 4 is 21.7 Å². The van der Waals surface area contributed by atoms with Crippen molar-refractivity contribution in [1.82, 2.24) is 15.0 Å². The van der Waals surface area contributed by atoms with Crippen LogP contribution in [0.15, 0.2) is 36.4 Å². The van der Waals surface area contributed by atoms with Crippen molar-refractivity contribution in [3.8, 4) is 11.3 Å². The first-order valence-corrected chi connectivity index (χ1v) is 9.12. The number of hydrogen-bond acceptors (Lipinski definition) is 3. The van der Waals surface area contributed by atoms with Gasteiger partial charge in [-0.1, -0.05) is 30.2 Å². The van der Waals surface area contributed by atoms with Crippen LogP contribution in [0.2, 0.25) is 0 Å². The summed E-state index contributed by atoms with van der Waals surface area (Å²) in [6.45, 7) is 10.5. The van der Waals surface area contributed by atoms with Gasteiger partial charge in [-0.25, -0.2) is 9.97 Å². The van der Waals surface area contributed by atoms with E-state index in [4.69, 9.17) is 9.97 Å². The van der Waals surface area contributed by atoms with E-state index in [1.54, 1.807) is 0 Å². The van der Waals surface area contributed by atoms with Crippen molar-refractivity contribution in [3.63, 3.8) is 0 Å². The van der Waals surface area contributed by atoms with Crippen molar-refractivity contribution in [2.75, 3.05) is 0 Å². The third-order valence-corrected chi connectivity index (χ3v) is 4.83.